The van der Waals surface area contributed by atoms with E-state index in [1.807, 2.05) is 18.2 Å². The van der Waals surface area contributed by atoms with Crippen LogP contribution in [0.15, 0.2) is 78.9 Å². The fraction of sp³-hybridized carbons (Fsp3) is 0.160. The summed E-state index contributed by atoms with van der Waals surface area (Å²) in [6.07, 6.45) is 2.01. The van der Waals surface area contributed by atoms with Gasteiger partial charge in [0.1, 0.15) is 5.75 Å². The van der Waals surface area contributed by atoms with Crippen molar-refractivity contribution in [2.75, 3.05) is 7.11 Å². The van der Waals surface area contributed by atoms with E-state index < -0.39 is 0 Å². The van der Waals surface area contributed by atoms with Crippen LogP contribution in [0.25, 0.3) is 22.2 Å². The van der Waals surface area contributed by atoms with Gasteiger partial charge in [0.05, 0.1) is 18.3 Å². The predicted molar refractivity (Wildman–Crippen MR) is 112 cm³/mol. The van der Waals surface area contributed by atoms with Gasteiger partial charge in [0.25, 0.3) is 0 Å². The van der Waals surface area contributed by atoms with Crippen LogP contribution in [0.1, 0.15) is 16.7 Å². The lowest BCUT2D eigenvalue weighted by Gasteiger charge is -2.11. The summed E-state index contributed by atoms with van der Waals surface area (Å²) in [4.78, 5) is 4.89. The van der Waals surface area contributed by atoms with Gasteiger partial charge in [-0.15, -0.1) is 0 Å². The molecule has 0 fully saturated rings. The Hall–Kier alpha value is -3.13. The Kier molecular flexibility index (Phi) is 4.88. The Morgan fingerprint density at radius 3 is 2.44 bits per heavy atom. The maximum Gasteiger partial charge on any atom is 0.119 e. The molecule has 1 aromatic heterocycles. The van der Waals surface area contributed by atoms with Gasteiger partial charge in [-0.3, -0.25) is 0 Å². The van der Waals surface area contributed by atoms with E-state index in [9.17, 15) is 0 Å². The lowest BCUT2D eigenvalue weighted by atomic mass is 9.98. The molecule has 0 amide bonds. The zero-order valence-corrected chi connectivity index (χ0v) is 15.8. The third-order valence-electron chi connectivity index (χ3n) is 4.97. The number of methoxy groups -OCH3 is 1. The van der Waals surface area contributed by atoms with Crippen LogP contribution in [0.2, 0.25) is 0 Å². The molecule has 27 heavy (non-hydrogen) atoms. The van der Waals surface area contributed by atoms with Gasteiger partial charge in [-0.05, 0) is 55.2 Å². The monoisotopic (exact) mass is 353 g/mol. The first-order valence-electron chi connectivity index (χ1n) is 9.31. The fourth-order valence-corrected chi connectivity index (χ4v) is 3.42. The van der Waals surface area contributed by atoms with Gasteiger partial charge in [-0.25, -0.2) is 4.98 Å². The van der Waals surface area contributed by atoms with Gasteiger partial charge in [-0.1, -0.05) is 60.2 Å². The van der Waals surface area contributed by atoms with E-state index in [-0.39, 0.29) is 0 Å². The van der Waals surface area contributed by atoms with Crippen molar-refractivity contribution in [2.24, 2.45) is 0 Å². The zero-order chi connectivity index (χ0) is 18.6. The molecule has 0 bridgehead atoms. The third kappa shape index (κ3) is 3.85. The molecule has 0 saturated carbocycles. The van der Waals surface area contributed by atoms with Crippen molar-refractivity contribution in [1.29, 1.82) is 0 Å². The van der Waals surface area contributed by atoms with Crippen molar-refractivity contribution in [2.45, 2.75) is 19.8 Å². The van der Waals surface area contributed by atoms with Gasteiger partial charge in [0, 0.05) is 10.9 Å². The van der Waals surface area contributed by atoms with Gasteiger partial charge < -0.3 is 4.74 Å². The molecular weight excluding hydrogens is 330 g/mol. The molecule has 0 spiro atoms. The molecule has 0 saturated heterocycles. The number of rotatable bonds is 5. The minimum atomic E-state index is 0.851. The second-order valence-electron chi connectivity index (χ2n) is 6.90. The van der Waals surface area contributed by atoms with Crippen LogP contribution in [-0.4, -0.2) is 12.1 Å². The molecule has 0 N–H and O–H groups in total. The number of hydrogen-bond acceptors (Lipinski definition) is 2. The first-order chi connectivity index (χ1) is 13.2. The summed E-state index contributed by atoms with van der Waals surface area (Å²) in [6.45, 7) is 2.13. The maximum absolute atomic E-state index is 5.38. The first-order valence-corrected chi connectivity index (χ1v) is 9.31. The van der Waals surface area contributed by atoms with Crippen LogP contribution >= 0.6 is 0 Å². The van der Waals surface area contributed by atoms with Gasteiger partial charge >= 0.3 is 0 Å². The molecule has 0 unspecified atom stereocenters. The topological polar surface area (TPSA) is 22.1 Å². The van der Waals surface area contributed by atoms with E-state index in [1.165, 1.54) is 22.1 Å². The molecule has 2 nitrogen and oxygen atoms in total. The number of ether oxygens (including phenoxy) is 1. The Bertz CT molecular complexity index is 1070. The number of aromatic nitrogens is 1. The first kappa shape index (κ1) is 17.3. The van der Waals surface area contributed by atoms with Crippen molar-refractivity contribution in [3.63, 3.8) is 0 Å². The van der Waals surface area contributed by atoms with E-state index in [2.05, 4.69) is 67.6 Å². The molecule has 0 aliphatic rings. The summed E-state index contributed by atoms with van der Waals surface area (Å²) in [7, 11) is 1.69. The van der Waals surface area contributed by atoms with E-state index >= 15 is 0 Å². The number of aryl methyl sites for hydroxylation is 3. The van der Waals surface area contributed by atoms with Crippen LogP contribution < -0.4 is 4.74 Å². The molecule has 2 heteroatoms. The largest absolute Gasteiger partial charge is 0.497 e. The minimum absolute atomic E-state index is 0.851. The minimum Gasteiger partial charge on any atom is -0.497 e. The Morgan fingerprint density at radius 2 is 1.63 bits per heavy atom. The van der Waals surface area contributed by atoms with E-state index in [0.29, 0.717) is 0 Å². The number of nitrogens with zero attached hydrogens (tertiary/aromatic N) is 1. The molecule has 3 aromatic carbocycles. The quantitative estimate of drug-likeness (QED) is 0.439. The van der Waals surface area contributed by atoms with Crippen molar-refractivity contribution < 1.29 is 4.74 Å². The van der Waals surface area contributed by atoms with Crippen molar-refractivity contribution >= 4 is 10.9 Å². The fourth-order valence-electron chi connectivity index (χ4n) is 3.42. The number of fused-ring (bicyclic) bond motifs is 1. The summed E-state index contributed by atoms with van der Waals surface area (Å²) in [6, 6.07) is 27.5. The number of para-hydroxylation sites is 1. The Labute approximate surface area is 160 Å². The molecule has 0 atom stereocenters. The van der Waals surface area contributed by atoms with E-state index in [1.54, 1.807) is 7.11 Å². The molecule has 0 aliphatic carbocycles. The highest BCUT2D eigenvalue weighted by Crippen LogP contribution is 2.28. The van der Waals surface area contributed by atoms with Gasteiger partial charge in [0.15, 0.2) is 0 Å². The second-order valence-corrected chi connectivity index (χ2v) is 6.90. The van der Waals surface area contributed by atoms with Crippen molar-refractivity contribution in [3.8, 4) is 17.0 Å². The smallest absolute Gasteiger partial charge is 0.119 e. The molecular formula is C25H23NO. The highest BCUT2D eigenvalue weighted by atomic mass is 16.5. The molecule has 1 heterocycles. The summed E-state index contributed by atoms with van der Waals surface area (Å²) in [5, 5.41) is 1.23. The van der Waals surface area contributed by atoms with Gasteiger partial charge in [0.2, 0.25) is 0 Å². The zero-order valence-electron chi connectivity index (χ0n) is 15.8. The van der Waals surface area contributed by atoms with Gasteiger partial charge in [-0.2, -0.15) is 0 Å². The summed E-state index contributed by atoms with van der Waals surface area (Å²) < 4.78 is 5.38. The predicted octanol–water partition coefficient (Wildman–Crippen LogP) is 6.00. The van der Waals surface area contributed by atoms with E-state index in [4.69, 9.17) is 9.72 Å². The molecule has 4 aromatic rings. The van der Waals surface area contributed by atoms with Crippen LogP contribution in [-0.2, 0) is 12.8 Å². The third-order valence-corrected chi connectivity index (χ3v) is 4.97. The van der Waals surface area contributed by atoms with Crippen LogP contribution in [0, 0.1) is 6.92 Å². The molecule has 0 aliphatic heterocycles. The average Bonchev–Trinajstić information content (AvgIpc) is 2.73. The Morgan fingerprint density at radius 1 is 0.815 bits per heavy atom. The molecule has 4 rings (SSSR count). The lowest BCUT2D eigenvalue weighted by molar-refractivity contribution is 0.415. The van der Waals surface area contributed by atoms with Crippen LogP contribution in [0.4, 0.5) is 0 Å². The second kappa shape index (κ2) is 7.63. The summed E-state index contributed by atoms with van der Waals surface area (Å²) in [5.41, 5.74) is 7.11. The normalized spacial score (nSPS) is 10.9. The summed E-state index contributed by atoms with van der Waals surface area (Å²) >= 11 is 0. The van der Waals surface area contributed by atoms with Crippen LogP contribution in [0.5, 0.6) is 5.75 Å². The van der Waals surface area contributed by atoms with Crippen molar-refractivity contribution in [3.05, 3.63) is 95.6 Å². The molecule has 0 radical (unpaired) electrons. The number of pyridine rings is 1. The lowest BCUT2D eigenvalue weighted by Crippen LogP contribution is -1.96. The average molecular weight is 353 g/mol. The van der Waals surface area contributed by atoms with Crippen molar-refractivity contribution in [1.82, 2.24) is 4.98 Å². The summed E-state index contributed by atoms with van der Waals surface area (Å²) in [5.74, 6) is 0.851. The standard InChI is InChI=1S/C25H23NO/c1-18-10-12-19(13-11-18)14-15-20-17-25(21-6-5-7-22(16-21)27-2)26-24-9-4-3-8-23(20)24/h3-13,16-17H,14-15H2,1-2H3. The maximum atomic E-state index is 5.38. The Balaban J connectivity index is 1.72. The number of benzene rings is 3. The van der Waals surface area contributed by atoms with Crippen LogP contribution in [0.3, 0.4) is 0 Å². The molecule has 134 valence electrons. The SMILES string of the molecule is COc1cccc(-c2cc(CCc3ccc(C)cc3)c3ccccc3n2)c1. The van der Waals surface area contributed by atoms with E-state index in [0.717, 1.165) is 35.4 Å². The highest BCUT2D eigenvalue weighted by molar-refractivity contribution is 5.85. The number of hydrogen-bond donors (Lipinski definition) is 0. The highest BCUT2D eigenvalue weighted by Gasteiger charge is 2.09.